The van der Waals surface area contributed by atoms with Gasteiger partial charge in [-0.05, 0) is 55.3 Å². The molecule has 8 nitrogen and oxygen atoms in total. The first-order chi connectivity index (χ1) is 14.6. The number of aromatic amines is 1. The fourth-order valence-electron chi connectivity index (χ4n) is 3.57. The molecule has 0 bridgehead atoms. The number of pyridine rings is 1. The Hall–Kier alpha value is -3.68. The molecule has 8 heteroatoms. The molecule has 0 spiro atoms. The third kappa shape index (κ3) is 4.32. The number of methoxy groups -OCH3 is 1. The largest absolute Gasteiger partial charge is 0.497 e. The molecule has 4 rings (SSSR count). The molecule has 1 aromatic carbocycles. The number of rotatable bonds is 5. The molecule has 1 saturated heterocycles. The monoisotopic (exact) mass is 405 g/mol. The van der Waals surface area contributed by atoms with Crippen LogP contribution < -0.4 is 10.1 Å². The SMILES string of the molecule is COc1ccc(NC(=O)[C@@H]2CCCN(C(=O)c3cc(-c4ccncc4)n[nH]3)C2)cc1. The van der Waals surface area contributed by atoms with Crippen LogP contribution in [0.5, 0.6) is 5.75 Å². The van der Waals surface area contributed by atoms with E-state index in [0.29, 0.717) is 30.2 Å². The zero-order valence-electron chi connectivity index (χ0n) is 16.7. The summed E-state index contributed by atoms with van der Waals surface area (Å²) >= 11 is 0. The maximum absolute atomic E-state index is 12.9. The lowest BCUT2D eigenvalue weighted by molar-refractivity contribution is -0.121. The summed E-state index contributed by atoms with van der Waals surface area (Å²) in [5, 5.41) is 9.99. The molecule has 0 unspecified atom stereocenters. The molecule has 3 aromatic rings. The van der Waals surface area contributed by atoms with Gasteiger partial charge >= 0.3 is 0 Å². The van der Waals surface area contributed by atoms with Crippen molar-refractivity contribution in [2.45, 2.75) is 12.8 Å². The molecule has 2 aromatic heterocycles. The number of anilines is 1. The molecule has 154 valence electrons. The van der Waals surface area contributed by atoms with Gasteiger partial charge in [0, 0.05) is 36.7 Å². The standard InChI is InChI=1S/C22H23N5O3/c1-30-18-6-4-17(5-7-18)24-21(28)16-3-2-12-27(14-16)22(29)20-13-19(25-26-20)15-8-10-23-11-9-15/h4-11,13,16H,2-3,12,14H2,1H3,(H,24,28)(H,25,26)/t16-/m1/s1. The average molecular weight is 405 g/mol. The molecule has 30 heavy (non-hydrogen) atoms. The third-order valence-electron chi connectivity index (χ3n) is 5.22. The number of H-pyrrole nitrogens is 1. The van der Waals surface area contributed by atoms with E-state index >= 15 is 0 Å². The molecule has 0 aliphatic carbocycles. The Morgan fingerprint density at radius 1 is 1.17 bits per heavy atom. The topological polar surface area (TPSA) is 100 Å². The summed E-state index contributed by atoms with van der Waals surface area (Å²) in [6, 6.07) is 12.6. The van der Waals surface area contributed by atoms with Crippen LogP contribution in [-0.2, 0) is 4.79 Å². The Morgan fingerprint density at radius 3 is 2.67 bits per heavy atom. The second kappa shape index (κ2) is 8.77. The van der Waals surface area contributed by atoms with E-state index in [0.717, 1.165) is 24.2 Å². The molecule has 1 atom stereocenters. The van der Waals surface area contributed by atoms with Gasteiger partial charge in [0.05, 0.1) is 18.7 Å². The summed E-state index contributed by atoms with van der Waals surface area (Å²) in [6.07, 6.45) is 4.89. The number of aromatic nitrogens is 3. The fraction of sp³-hybridized carbons (Fsp3) is 0.273. The van der Waals surface area contributed by atoms with Crippen LogP contribution in [-0.4, -0.2) is 52.1 Å². The number of likely N-dealkylation sites (tertiary alicyclic amines) is 1. The second-order valence-corrected chi connectivity index (χ2v) is 7.21. The lowest BCUT2D eigenvalue weighted by Crippen LogP contribution is -2.43. The number of piperidine rings is 1. The molecular formula is C22H23N5O3. The zero-order chi connectivity index (χ0) is 20.9. The van der Waals surface area contributed by atoms with Crippen molar-refractivity contribution in [3.63, 3.8) is 0 Å². The number of nitrogens with one attached hydrogen (secondary N) is 2. The minimum Gasteiger partial charge on any atom is -0.497 e. The van der Waals surface area contributed by atoms with Crippen LogP contribution in [0, 0.1) is 5.92 Å². The number of hydrogen-bond donors (Lipinski definition) is 2. The number of hydrogen-bond acceptors (Lipinski definition) is 5. The third-order valence-corrected chi connectivity index (χ3v) is 5.22. The Kier molecular flexibility index (Phi) is 5.74. The minimum atomic E-state index is -0.257. The maximum Gasteiger partial charge on any atom is 0.271 e. The number of carbonyl (C=O) groups excluding carboxylic acids is 2. The summed E-state index contributed by atoms with van der Waals surface area (Å²) < 4.78 is 5.13. The van der Waals surface area contributed by atoms with Gasteiger partial charge in [-0.1, -0.05) is 0 Å². The highest BCUT2D eigenvalue weighted by Crippen LogP contribution is 2.23. The lowest BCUT2D eigenvalue weighted by Gasteiger charge is -2.31. The highest BCUT2D eigenvalue weighted by molar-refractivity contribution is 5.95. The van der Waals surface area contributed by atoms with Crippen molar-refractivity contribution < 1.29 is 14.3 Å². The predicted octanol–water partition coefficient (Wildman–Crippen LogP) is 2.97. The average Bonchev–Trinajstić information content (AvgIpc) is 3.30. The summed E-state index contributed by atoms with van der Waals surface area (Å²) in [5.41, 5.74) is 2.69. The molecule has 0 saturated carbocycles. The fourth-order valence-corrected chi connectivity index (χ4v) is 3.57. The Morgan fingerprint density at radius 2 is 1.93 bits per heavy atom. The maximum atomic E-state index is 12.9. The number of benzene rings is 1. The first kappa shape index (κ1) is 19.6. The predicted molar refractivity (Wildman–Crippen MR) is 112 cm³/mol. The Bertz CT molecular complexity index is 1020. The first-order valence-electron chi connectivity index (χ1n) is 9.84. The van der Waals surface area contributed by atoms with E-state index < -0.39 is 0 Å². The van der Waals surface area contributed by atoms with Gasteiger partial charge in [0.15, 0.2) is 0 Å². The van der Waals surface area contributed by atoms with Crippen molar-refractivity contribution in [1.82, 2.24) is 20.1 Å². The van der Waals surface area contributed by atoms with Crippen LogP contribution in [0.3, 0.4) is 0 Å². The highest BCUT2D eigenvalue weighted by Gasteiger charge is 2.29. The number of amides is 2. The Balaban J connectivity index is 1.40. The van der Waals surface area contributed by atoms with E-state index in [9.17, 15) is 9.59 Å². The van der Waals surface area contributed by atoms with Gasteiger partial charge in [-0.3, -0.25) is 19.7 Å². The normalized spacial score (nSPS) is 16.2. The first-order valence-corrected chi connectivity index (χ1v) is 9.84. The molecular weight excluding hydrogens is 382 g/mol. The quantitative estimate of drug-likeness (QED) is 0.680. The number of carbonyl (C=O) groups is 2. The van der Waals surface area contributed by atoms with Crippen LogP contribution in [0.15, 0.2) is 54.9 Å². The smallest absolute Gasteiger partial charge is 0.271 e. The van der Waals surface area contributed by atoms with Crippen molar-refractivity contribution in [2.24, 2.45) is 5.92 Å². The molecule has 2 N–H and O–H groups in total. The van der Waals surface area contributed by atoms with Gasteiger partial charge in [-0.15, -0.1) is 0 Å². The van der Waals surface area contributed by atoms with Crippen LogP contribution in [0.2, 0.25) is 0 Å². The molecule has 1 fully saturated rings. The van der Waals surface area contributed by atoms with Crippen LogP contribution >= 0.6 is 0 Å². The highest BCUT2D eigenvalue weighted by atomic mass is 16.5. The molecule has 1 aliphatic heterocycles. The van der Waals surface area contributed by atoms with Gasteiger partial charge < -0.3 is 15.0 Å². The van der Waals surface area contributed by atoms with E-state index in [-0.39, 0.29) is 17.7 Å². The minimum absolute atomic E-state index is 0.0836. The van der Waals surface area contributed by atoms with Gasteiger partial charge in [0.2, 0.25) is 5.91 Å². The Labute approximate surface area is 174 Å². The molecule has 0 radical (unpaired) electrons. The van der Waals surface area contributed by atoms with E-state index in [1.165, 1.54) is 0 Å². The van der Waals surface area contributed by atoms with Crippen LogP contribution in [0.4, 0.5) is 5.69 Å². The van der Waals surface area contributed by atoms with E-state index in [4.69, 9.17) is 4.74 Å². The van der Waals surface area contributed by atoms with Gasteiger partial charge in [-0.25, -0.2) is 0 Å². The summed E-state index contributed by atoms with van der Waals surface area (Å²) in [4.78, 5) is 31.4. The second-order valence-electron chi connectivity index (χ2n) is 7.21. The zero-order valence-corrected chi connectivity index (χ0v) is 16.7. The molecule has 2 amide bonds. The van der Waals surface area contributed by atoms with Gasteiger partial charge in [-0.2, -0.15) is 5.10 Å². The lowest BCUT2D eigenvalue weighted by atomic mass is 9.96. The van der Waals surface area contributed by atoms with Crippen LogP contribution in [0.25, 0.3) is 11.3 Å². The van der Waals surface area contributed by atoms with Crippen molar-refractivity contribution in [1.29, 1.82) is 0 Å². The summed E-state index contributed by atoms with van der Waals surface area (Å²) in [7, 11) is 1.60. The number of nitrogens with zero attached hydrogens (tertiary/aromatic N) is 3. The van der Waals surface area contributed by atoms with Crippen LogP contribution in [0.1, 0.15) is 23.3 Å². The van der Waals surface area contributed by atoms with E-state index in [2.05, 4.69) is 20.5 Å². The molecule has 1 aliphatic rings. The van der Waals surface area contributed by atoms with Crippen molar-refractivity contribution in [2.75, 3.05) is 25.5 Å². The summed E-state index contributed by atoms with van der Waals surface area (Å²) in [5.74, 6) is 0.241. The van der Waals surface area contributed by atoms with Crippen molar-refractivity contribution in [3.05, 3.63) is 60.6 Å². The van der Waals surface area contributed by atoms with Crippen molar-refractivity contribution >= 4 is 17.5 Å². The van der Waals surface area contributed by atoms with E-state index in [1.54, 1.807) is 54.7 Å². The van der Waals surface area contributed by atoms with Gasteiger partial charge in [0.25, 0.3) is 5.91 Å². The summed E-state index contributed by atoms with van der Waals surface area (Å²) in [6.45, 7) is 0.999. The van der Waals surface area contributed by atoms with E-state index in [1.807, 2.05) is 12.1 Å². The molecule has 3 heterocycles. The number of ether oxygens (including phenoxy) is 1. The van der Waals surface area contributed by atoms with Crippen molar-refractivity contribution in [3.8, 4) is 17.0 Å². The van der Waals surface area contributed by atoms with Gasteiger partial charge in [0.1, 0.15) is 11.4 Å².